The summed E-state index contributed by atoms with van der Waals surface area (Å²) in [5.41, 5.74) is 3.84. The monoisotopic (exact) mass is 284 g/mol. The van der Waals surface area contributed by atoms with E-state index in [1.54, 1.807) is 0 Å². The van der Waals surface area contributed by atoms with Gasteiger partial charge in [0.1, 0.15) is 0 Å². The highest BCUT2D eigenvalue weighted by atomic mass is 16.1. The zero-order valence-electron chi connectivity index (χ0n) is 12.4. The number of aromatic amines is 1. The van der Waals surface area contributed by atoms with Crippen molar-refractivity contribution in [3.63, 3.8) is 0 Å². The van der Waals surface area contributed by atoms with Crippen molar-refractivity contribution in [1.29, 1.82) is 0 Å². The van der Waals surface area contributed by atoms with Crippen LogP contribution in [0.1, 0.15) is 24.1 Å². The molecule has 0 spiro atoms. The molecule has 2 N–H and O–H groups in total. The maximum Gasteiger partial charge on any atom is 0.255 e. The lowest BCUT2D eigenvalue weighted by Gasteiger charge is -2.16. The topological polar surface area (TPSA) is 61.0 Å². The number of H-pyrrole nitrogens is 1. The SMILES string of the molecule is CN(C)c1ccc(Nc2nc3c(c(=O)[nH]2)CCCC3)cc1. The second kappa shape index (κ2) is 5.60. The summed E-state index contributed by atoms with van der Waals surface area (Å²) in [7, 11) is 4.01. The Morgan fingerprint density at radius 2 is 1.86 bits per heavy atom. The molecule has 0 bridgehead atoms. The maximum absolute atomic E-state index is 12.1. The molecule has 0 fully saturated rings. The number of aromatic nitrogens is 2. The Hall–Kier alpha value is -2.30. The molecule has 0 saturated carbocycles. The molecule has 0 atom stereocenters. The number of nitrogens with zero attached hydrogens (tertiary/aromatic N) is 2. The molecule has 5 heteroatoms. The van der Waals surface area contributed by atoms with Crippen LogP contribution in [-0.4, -0.2) is 24.1 Å². The van der Waals surface area contributed by atoms with Crippen LogP contribution in [0.25, 0.3) is 0 Å². The summed E-state index contributed by atoms with van der Waals surface area (Å²) in [5, 5.41) is 3.18. The molecule has 1 heterocycles. The number of nitrogens with one attached hydrogen (secondary N) is 2. The van der Waals surface area contributed by atoms with Gasteiger partial charge in [0.15, 0.2) is 0 Å². The standard InChI is InChI=1S/C16H20N4O/c1-20(2)12-9-7-11(8-10-12)17-16-18-14-6-4-3-5-13(14)15(21)19-16/h7-10H,3-6H2,1-2H3,(H2,17,18,19,21). The van der Waals surface area contributed by atoms with Crippen molar-refractivity contribution in [2.75, 3.05) is 24.3 Å². The Balaban J connectivity index is 1.84. The predicted molar refractivity (Wildman–Crippen MR) is 85.6 cm³/mol. The minimum absolute atomic E-state index is 0.00730. The van der Waals surface area contributed by atoms with E-state index in [9.17, 15) is 4.79 Å². The lowest BCUT2D eigenvalue weighted by molar-refractivity contribution is 0.658. The lowest BCUT2D eigenvalue weighted by atomic mass is 9.97. The lowest BCUT2D eigenvalue weighted by Crippen LogP contribution is -2.22. The van der Waals surface area contributed by atoms with E-state index >= 15 is 0 Å². The van der Waals surface area contributed by atoms with E-state index in [0.717, 1.165) is 48.3 Å². The van der Waals surface area contributed by atoms with E-state index in [2.05, 4.69) is 15.3 Å². The number of rotatable bonds is 3. The van der Waals surface area contributed by atoms with Gasteiger partial charge in [0, 0.05) is 31.0 Å². The summed E-state index contributed by atoms with van der Waals surface area (Å²) in [6.07, 6.45) is 3.93. The zero-order valence-corrected chi connectivity index (χ0v) is 12.4. The minimum Gasteiger partial charge on any atom is -0.378 e. The average molecular weight is 284 g/mol. The van der Waals surface area contributed by atoms with Gasteiger partial charge in [0.05, 0.1) is 5.69 Å². The summed E-state index contributed by atoms with van der Waals surface area (Å²) >= 11 is 0. The van der Waals surface area contributed by atoms with Crippen LogP contribution in [0.4, 0.5) is 17.3 Å². The molecule has 0 amide bonds. The first kappa shape index (κ1) is 13.7. The molecule has 110 valence electrons. The first-order valence-electron chi connectivity index (χ1n) is 7.30. The van der Waals surface area contributed by atoms with Gasteiger partial charge in [0.2, 0.25) is 5.95 Å². The van der Waals surface area contributed by atoms with Gasteiger partial charge in [-0.15, -0.1) is 0 Å². The summed E-state index contributed by atoms with van der Waals surface area (Å²) in [6.45, 7) is 0. The molecule has 5 nitrogen and oxygen atoms in total. The number of anilines is 3. The molecular formula is C16H20N4O. The number of aryl methyl sites for hydroxylation is 1. The van der Waals surface area contributed by atoms with Gasteiger partial charge in [-0.3, -0.25) is 9.78 Å². The van der Waals surface area contributed by atoms with Crippen LogP contribution in [-0.2, 0) is 12.8 Å². The summed E-state index contributed by atoms with van der Waals surface area (Å²) in [6, 6.07) is 8.02. The van der Waals surface area contributed by atoms with Crippen molar-refractivity contribution >= 4 is 17.3 Å². The van der Waals surface area contributed by atoms with Crippen LogP contribution in [0, 0.1) is 0 Å². The normalized spacial score (nSPS) is 13.6. The van der Waals surface area contributed by atoms with Gasteiger partial charge in [-0.25, -0.2) is 4.98 Å². The molecule has 0 aliphatic heterocycles. The number of fused-ring (bicyclic) bond motifs is 1. The van der Waals surface area contributed by atoms with Crippen LogP contribution >= 0.6 is 0 Å². The van der Waals surface area contributed by atoms with Crippen molar-refractivity contribution in [3.05, 3.63) is 45.9 Å². The third-order valence-corrected chi connectivity index (χ3v) is 3.84. The molecule has 21 heavy (non-hydrogen) atoms. The summed E-state index contributed by atoms with van der Waals surface area (Å²) in [4.78, 5) is 21.5. The smallest absolute Gasteiger partial charge is 0.255 e. The molecule has 1 aromatic carbocycles. The predicted octanol–water partition coefficient (Wildman–Crippen LogP) is 2.46. The van der Waals surface area contributed by atoms with E-state index in [4.69, 9.17) is 0 Å². The Morgan fingerprint density at radius 1 is 1.14 bits per heavy atom. The van der Waals surface area contributed by atoms with Gasteiger partial charge in [-0.1, -0.05) is 0 Å². The first-order chi connectivity index (χ1) is 10.1. The van der Waals surface area contributed by atoms with Crippen LogP contribution in [0.3, 0.4) is 0 Å². The Kier molecular flexibility index (Phi) is 3.64. The number of hydrogen-bond acceptors (Lipinski definition) is 4. The highest BCUT2D eigenvalue weighted by Crippen LogP contribution is 2.20. The summed E-state index contributed by atoms with van der Waals surface area (Å²) < 4.78 is 0. The van der Waals surface area contributed by atoms with Crippen LogP contribution < -0.4 is 15.8 Å². The van der Waals surface area contributed by atoms with Crippen molar-refractivity contribution in [2.24, 2.45) is 0 Å². The van der Waals surface area contributed by atoms with Crippen molar-refractivity contribution in [3.8, 4) is 0 Å². The van der Waals surface area contributed by atoms with E-state index < -0.39 is 0 Å². The third kappa shape index (κ3) is 2.91. The molecule has 1 aliphatic rings. The third-order valence-electron chi connectivity index (χ3n) is 3.84. The summed E-state index contributed by atoms with van der Waals surface area (Å²) in [5.74, 6) is 0.526. The zero-order chi connectivity index (χ0) is 14.8. The van der Waals surface area contributed by atoms with Crippen LogP contribution in [0.5, 0.6) is 0 Å². The van der Waals surface area contributed by atoms with Crippen LogP contribution in [0.15, 0.2) is 29.1 Å². The second-order valence-electron chi connectivity index (χ2n) is 5.61. The van der Waals surface area contributed by atoms with Gasteiger partial charge in [-0.2, -0.15) is 0 Å². The van der Waals surface area contributed by atoms with E-state index in [-0.39, 0.29) is 5.56 Å². The fourth-order valence-electron chi connectivity index (χ4n) is 2.64. The molecule has 3 rings (SSSR count). The first-order valence-corrected chi connectivity index (χ1v) is 7.30. The fourth-order valence-corrected chi connectivity index (χ4v) is 2.64. The van der Waals surface area contributed by atoms with E-state index in [1.165, 1.54) is 0 Å². The second-order valence-corrected chi connectivity index (χ2v) is 5.61. The molecule has 1 aliphatic carbocycles. The highest BCUT2D eigenvalue weighted by Gasteiger charge is 2.15. The number of benzene rings is 1. The largest absolute Gasteiger partial charge is 0.378 e. The molecule has 1 aromatic heterocycles. The highest BCUT2D eigenvalue weighted by molar-refractivity contribution is 5.59. The maximum atomic E-state index is 12.1. The van der Waals surface area contributed by atoms with Crippen molar-refractivity contribution in [2.45, 2.75) is 25.7 Å². The molecule has 0 radical (unpaired) electrons. The number of hydrogen-bond donors (Lipinski definition) is 2. The minimum atomic E-state index is -0.00730. The quantitative estimate of drug-likeness (QED) is 0.909. The molecule has 0 saturated heterocycles. The van der Waals surface area contributed by atoms with Crippen LogP contribution in [0.2, 0.25) is 0 Å². The molecule has 2 aromatic rings. The Labute approximate surface area is 124 Å². The van der Waals surface area contributed by atoms with Crippen molar-refractivity contribution in [1.82, 2.24) is 9.97 Å². The molecule has 0 unspecified atom stereocenters. The van der Waals surface area contributed by atoms with Gasteiger partial charge >= 0.3 is 0 Å². The Bertz CT molecular complexity index is 688. The van der Waals surface area contributed by atoms with Gasteiger partial charge in [-0.05, 0) is 49.9 Å². The van der Waals surface area contributed by atoms with E-state index in [0.29, 0.717) is 5.95 Å². The van der Waals surface area contributed by atoms with E-state index in [1.807, 2.05) is 43.3 Å². The average Bonchev–Trinajstić information content (AvgIpc) is 2.48. The molecular weight excluding hydrogens is 264 g/mol. The van der Waals surface area contributed by atoms with Gasteiger partial charge in [0.25, 0.3) is 5.56 Å². The van der Waals surface area contributed by atoms with Crippen molar-refractivity contribution < 1.29 is 0 Å². The fraction of sp³-hybridized carbons (Fsp3) is 0.375. The Morgan fingerprint density at radius 3 is 2.57 bits per heavy atom. The van der Waals surface area contributed by atoms with Gasteiger partial charge < -0.3 is 10.2 Å².